The number of H-pyrrole nitrogens is 1. The van der Waals surface area contributed by atoms with E-state index in [4.69, 9.17) is 11.6 Å². The molecule has 2 N–H and O–H groups in total. The maximum absolute atomic E-state index is 12.7. The zero-order chi connectivity index (χ0) is 22.1. The lowest BCUT2D eigenvalue weighted by Crippen LogP contribution is -2.12. The zero-order valence-corrected chi connectivity index (χ0v) is 17.4. The fourth-order valence-corrected chi connectivity index (χ4v) is 3.76. The van der Waals surface area contributed by atoms with E-state index < -0.39 is 0 Å². The van der Waals surface area contributed by atoms with Crippen LogP contribution in [0.25, 0.3) is 27.7 Å². The van der Waals surface area contributed by atoms with Gasteiger partial charge in [-0.1, -0.05) is 60.1 Å². The predicted molar refractivity (Wildman–Crippen MR) is 124 cm³/mol. The van der Waals surface area contributed by atoms with Crippen LogP contribution in [-0.2, 0) is 0 Å². The van der Waals surface area contributed by atoms with E-state index >= 15 is 0 Å². The first-order valence-electron chi connectivity index (χ1n) is 9.80. The van der Waals surface area contributed by atoms with Gasteiger partial charge >= 0.3 is 0 Å². The molecule has 0 spiro atoms. The van der Waals surface area contributed by atoms with Crippen molar-refractivity contribution in [3.8, 4) is 16.9 Å². The van der Waals surface area contributed by atoms with Crippen molar-refractivity contribution in [3.63, 3.8) is 0 Å². The second kappa shape index (κ2) is 8.13. The van der Waals surface area contributed by atoms with Crippen LogP contribution in [0.4, 0.5) is 5.69 Å². The summed E-state index contributed by atoms with van der Waals surface area (Å²) >= 11 is 6.40. The number of nitrogens with zero attached hydrogens (tertiary/aromatic N) is 3. The fraction of sp³-hybridized carbons (Fsp3) is 0. The highest BCUT2D eigenvalue weighted by atomic mass is 35.5. The molecular formula is C24H16ClN5O2. The smallest absolute Gasteiger partial charge is 0.272 e. The molecule has 0 saturated heterocycles. The predicted octanol–water partition coefficient (Wildman–Crippen LogP) is 4.68. The topological polar surface area (TPSA) is 92.7 Å². The van der Waals surface area contributed by atoms with Gasteiger partial charge in [0.15, 0.2) is 0 Å². The van der Waals surface area contributed by atoms with Gasteiger partial charge in [-0.3, -0.25) is 9.59 Å². The molecule has 156 valence electrons. The van der Waals surface area contributed by atoms with Crippen molar-refractivity contribution >= 4 is 34.0 Å². The lowest BCUT2D eigenvalue weighted by molar-refractivity contribution is 0.102. The summed E-state index contributed by atoms with van der Waals surface area (Å²) in [5.41, 5.74) is 2.86. The minimum atomic E-state index is -0.363. The number of benzene rings is 3. The largest absolute Gasteiger partial charge is 0.322 e. The molecule has 5 rings (SSSR count). The standard InChI is InChI=1S/C24H16ClN5O2/c25-22-20(14-26-30(22)17-6-2-1-3-7-17)23(31)27-16-12-10-15(11-13-16)21-18-8-4-5-9-19(18)24(32)29-28-21/h1-14H,(H,27,31)(H,29,32). The monoisotopic (exact) mass is 441 g/mol. The number of amides is 1. The summed E-state index contributed by atoms with van der Waals surface area (Å²) < 4.78 is 1.51. The highest BCUT2D eigenvalue weighted by Gasteiger charge is 2.17. The maximum atomic E-state index is 12.7. The third-order valence-electron chi connectivity index (χ3n) is 5.07. The number of hydrogen-bond acceptors (Lipinski definition) is 4. The van der Waals surface area contributed by atoms with Crippen LogP contribution in [0.5, 0.6) is 0 Å². The molecule has 0 aliphatic heterocycles. The number of aromatic nitrogens is 4. The van der Waals surface area contributed by atoms with Gasteiger partial charge in [0.05, 0.1) is 28.5 Å². The van der Waals surface area contributed by atoms with Crippen LogP contribution in [0.1, 0.15) is 10.4 Å². The summed E-state index contributed by atoms with van der Waals surface area (Å²) in [5, 5.41) is 15.4. The van der Waals surface area contributed by atoms with Crippen molar-refractivity contribution in [2.24, 2.45) is 0 Å². The Balaban J connectivity index is 1.39. The Bertz CT molecular complexity index is 1490. The molecule has 0 radical (unpaired) electrons. The number of carbonyl (C=O) groups excluding carboxylic acids is 1. The highest BCUT2D eigenvalue weighted by Crippen LogP contribution is 2.26. The molecule has 0 fully saturated rings. The van der Waals surface area contributed by atoms with Crippen LogP contribution in [0.2, 0.25) is 5.15 Å². The summed E-state index contributed by atoms with van der Waals surface area (Å²) in [6, 6.07) is 23.8. The van der Waals surface area contributed by atoms with E-state index in [0.29, 0.717) is 16.8 Å². The van der Waals surface area contributed by atoms with Gasteiger partial charge in [0.2, 0.25) is 0 Å². The molecule has 7 nitrogen and oxygen atoms in total. The zero-order valence-electron chi connectivity index (χ0n) is 16.6. The summed E-state index contributed by atoms with van der Waals surface area (Å²) in [6.45, 7) is 0. The van der Waals surface area contributed by atoms with Crippen molar-refractivity contribution in [3.05, 3.63) is 106 Å². The van der Waals surface area contributed by atoms with Gasteiger partial charge in [0.25, 0.3) is 11.5 Å². The first-order chi connectivity index (χ1) is 15.6. The van der Waals surface area contributed by atoms with Gasteiger partial charge in [-0.2, -0.15) is 10.2 Å². The van der Waals surface area contributed by atoms with E-state index in [1.807, 2.05) is 60.7 Å². The van der Waals surface area contributed by atoms with Gasteiger partial charge in [-0.25, -0.2) is 9.78 Å². The van der Waals surface area contributed by atoms with Gasteiger partial charge in [0.1, 0.15) is 5.15 Å². The Hall–Kier alpha value is -4.23. The average Bonchev–Trinajstić information content (AvgIpc) is 3.22. The Morgan fingerprint density at radius 1 is 0.906 bits per heavy atom. The molecule has 32 heavy (non-hydrogen) atoms. The number of fused-ring (bicyclic) bond motifs is 1. The van der Waals surface area contributed by atoms with Crippen molar-refractivity contribution in [2.75, 3.05) is 5.32 Å². The quantitative estimate of drug-likeness (QED) is 0.423. The fourth-order valence-electron chi connectivity index (χ4n) is 3.48. The van der Waals surface area contributed by atoms with E-state index in [9.17, 15) is 9.59 Å². The Labute approximate surface area is 187 Å². The number of para-hydroxylation sites is 1. The number of anilines is 1. The van der Waals surface area contributed by atoms with Crippen LogP contribution in [0.15, 0.2) is 89.9 Å². The summed E-state index contributed by atoms with van der Waals surface area (Å²) in [4.78, 5) is 24.8. The molecule has 0 bridgehead atoms. The van der Waals surface area contributed by atoms with Crippen LogP contribution >= 0.6 is 11.6 Å². The van der Waals surface area contributed by atoms with Crippen molar-refractivity contribution in [1.29, 1.82) is 0 Å². The minimum absolute atomic E-state index is 0.231. The molecule has 0 unspecified atom stereocenters. The molecule has 1 amide bonds. The van der Waals surface area contributed by atoms with E-state index in [1.54, 1.807) is 18.2 Å². The van der Waals surface area contributed by atoms with Crippen LogP contribution in [-0.4, -0.2) is 25.9 Å². The second-order valence-corrected chi connectivity index (χ2v) is 7.43. The number of hydrogen-bond donors (Lipinski definition) is 2. The lowest BCUT2D eigenvalue weighted by Gasteiger charge is -2.08. The Kier molecular flexibility index (Phi) is 5.01. The average molecular weight is 442 g/mol. The third-order valence-corrected chi connectivity index (χ3v) is 5.43. The second-order valence-electron chi connectivity index (χ2n) is 7.07. The molecule has 0 aliphatic carbocycles. The molecule has 3 aromatic carbocycles. The van der Waals surface area contributed by atoms with Gasteiger partial charge in [0, 0.05) is 16.6 Å². The van der Waals surface area contributed by atoms with E-state index in [2.05, 4.69) is 20.6 Å². The molecular weight excluding hydrogens is 426 g/mol. The normalized spacial score (nSPS) is 10.9. The summed E-state index contributed by atoms with van der Waals surface area (Å²) in [5.74, 6) is -0.363. The number of aromatic amines is 1. The van der Waals surface area contributed by atoms with Crippen molar-refractivity contribution < 1.29 is 4.79 Å². The molecule has 2 heterocycles. The summed E-state index contributed by atoms with van der Waals surface area (Å²) in [6.07, 6.45) is 1.44. The first kappa shape index (κ1) is 19.7. The molecule has 8 heteroatoms. The first-order valence-corrected chi connectivity index (χ1v) is 10.2. The molecule has 0 atom stereocenters. The van der Waals surface area contributed by atoms with Crippen LogP contribution < -0.4 is 10.9 Å². The van der Waals surface area contributed by atoms with Crippen LogP contribution in [0.3, 0.4) is 0 Å². The highest BCUT2D eigenvalue weighted by molar-refractivity contribution is 6.33. The maximum Gasteiger partial charge on any atom is 0.272 e. The number of nitrogens with one attached hydrogen (secondary N) is 2. The van der Waals surface area contributed by atoms with Crippen LogP contribution in [0, 0.1) is 0 Å². The molecule has 5 aromatic rings. The Morgan fingerprint density at radius 2 is 1.59 bits per heavy atom. The Morgan fingerprint density at radius 3 is 2.34 bits per heavy atom. The molecule has 0 saturated carbocycles. The lowest BCUT2D eigenvalue weighted by atomic mass is 10.0. The van der Waals surface area contributed by atoms with Crippen molar-refractivity contribution in [1.82, 2.24) is 20.0 Å². The SMILES string of the molecule is O=C(Nc1ccc(-c2n[nH]c(=O)c3ccccc23)cc1)c1cnn(-c2ccccc2)c1Cl. The van der Waals surface area contributed by atoms with Gasteiger partial charge in [-0.15, -0.1) is 0 Å². The summed E-state index contributed by atoms with van der Waals surface area (Å²) in [7, 11) is 0. The molecule has 2 aromatic heterocycles. The van der Waals surface area contributed by atoms with E-state index in [1.165, 1.54) is 10.9 Å². The number of halogens is 1. The van der Waals surface area contributed by atoms with Gasteiger partial charge < -0.3 is 5.32 Å². The third kappa shape index (κ3) is 3.55. The van der Waals surface area contributed by atoms with Gasteiger partial charge in [-0.05, 0) is 30.3 Å². The van der Waals surface area contributed by atoms with E-state index in [-0.39, 0.29) is 22.2 Å². The minimum Gasteiger partial charge on any atom is -0.322 e. The van der Waals surface area contributed by atoms with E-state index in [0.717, 1.165) is 16.6 Å². The number of rotatable bonds is 4. The number of carbonyl (C=O) groups is 1. The molecule has 0 aliphatic rings. The van der Waals surface area contributed by atoms with Crippen molar-refractivity contribution in [2.45, 2.75) is 0 Å².